The number of aromatic nitrogens is 4. The predicted molar refractivity (Wildman–Crippen MR) is 221 cm³/mol. The molecule has 0 aliphatic heterocycles. The van der Waals surface area contributed by atoms with Gasteiger partial charge in [0.25, 0.3) is 0 Å². The number of ether oxygens (including phenoxy) is 4. The van der Waals surface area contributed by atoms with Crippen LogP contribution >= 0.6 is 11.8 Å². The van der Waals surface area contributed by atoms with Gasteiger partial charge >= 0.3 is 0 Å². The summed E-state index contributed by atoms with van der Waals surface area (Å²) >= 11 is 1.81. The Morgan fingerprint density at radius 2 is 1.04 bits per heavy atom. The van der Waals surface area contributed by atoms with Gasteiger partial charge in [-0.3, -0.25) is 0 Å². The van der Waals surface area contributed by atoms with Crippen LogP contribution in [0.1, 0.15) is 70.1 Å². The van der Waals surface area contributed by atoms with E-state index in [9.17, 15) is 0 Å². The molecule has 0 spiro atoms. The third kappa shape index (κ3) is 8.75. The van der Waals surface area contributed by atoms with Crippen LogP contribution in [-0.2, 0) is 29.0 Å². The maximum absolute atomic E-state index is 5.67. The maximum atomic E-state index is 5.67. The number of hydrogen-bond acceptors (Lipinski definition) is 7. The molecule has 4 aromatic carbocycles. The smallest absolute Gasteiger partial charge is 0.144 e. The molecule has 53 heavy (non-hydrogen) atoms. The third-order valence-electron chi connectivity index (χ3n) is 9.59. The van der Waals surface area contributed by atoms with Crippen molar-refractivity contribution in [1.82, 2.24) is 19.1 Å². The van der Waals surface area contributed by atoms with E-state index in [1.54, 1.807) is 28.4 Å². The minimum Gasteiger partial charge on any atom is -0.494 e. The molecule has 9 heteroatoms. The first-order chi connectivity index (χ1) is 25.7. The van der Waals surface area contributed by atoms with Crippen molar-refractivity contribution in [3.05, 3.63) is 89.5 Å². The maximum Gasteiger partial charge on any atom is 0.144 e. The second kappa shape index (κ2) is 18.6. The highest BCUT2D eigenvalue weighted by molar-refractivity contribution is 7.99. The monoisotopic (exact) mass is 736 g/mol. The van der Waals surface area contributed by atoms with Crippen LogP contribution in [0.25, 0.3) is 44.8 Å². The van der Waals surface area contributed by atoms with Crippen molar-refractivity contribution in [3.63, 3.8) is 0 Å². The molecule has 282 valence electrons. The molecule has 0 unspecified atom stereocenters. The van der Waals surface area contributed by atoms with Gasteiger partial charge < -0.3 is 28.1 Å². The van der Waals surface area contributed by atoms with Crippen molar-refractivity contribution in [1.29, 1.82) is 0 Å². The zero-order valence-corrected chi connectivity index (χ0v) is 34.0. The lowest BCUT2D eigenvalue weighted by molar-refractivity contribution is 0.188. The summed E-state index contributed by atoms with van der Waals surface area (Å²) in [5.41, 5.74) is 10.2. The van der Waals surface area contributed by atoms with Gasteiger partial charge in [0.1, 0.15) is 39.7 Å². The van der Waals surface area contributed by atoms with Crippen LogP contribution in [0.2, 0.25) is 0 Å². The average Bonchev–Trinajstić information content (AvgIpc) is 3.76. The van der Waals surface area contributed by atoms with E-state index in [1.165, 1.54) is 21.6 Å². The number of thioether (sulfide) groups is 1. The fraction of sp³-hybridized carbons (Fsp3) is 0.409. The summed E-state index contributed by atoms with van der Waals surface area (Å²) in [7, 11) is 6.88. The molecule has 0 bridgehead atoms. The summed E-state index contributed by atoms with van der Waals surface area (Å²) in [6.07, 6.45) is 0.938. The highest BCUT2D eigenvalue weighted by atomic mass is 32.2. The van der Waals surface area contributed by atoms with Crippen LogP contribution in [0.5, 0.6) is 11.5 Å². The van der Waals surface area contributed by atoms with Gasteiger partial charge in [-0.15, -0.1) is 11.8 Å². The molecule has 0 radical (unpaired) electrons. The lowest BCUT2D eigenvalue weighted by Crippen LogP contribution is -2.07. The van der Waals surface area contributed by atoms with Crippen LogP contribution in [0.3, 0.4) is 0 Å². The van der Waals surface area contributed by atoms with E-state index in [0.29, 0.717) is 25.0 Å². The standard InChI is InChI=1S/C22H28N2O2S.C22H28N2O2/c1-6-27-19-12-11-18(26-5)21-20(19)23-22(24(21)13-14-25-4)17-9-7-16(8-10-17)15(2)3;1-6-16-11-12-19(26-5)21-20(16)23-22(24(21)13-14-25-4)18-9-7-17(8-10-18)15(2)3/h7-12,15H,6,13-14H2,1-5H3;7-12,15H,6,13-14H2,1-5H3. The minimum absolute atomic E-state index is 0.513. The van der Waals surface area contributed by atoms with Crippen molar-refractivity contribution in [2.24, 2.45) is 0 Å². The normalized spacial score (nSPS) is 11.5. The van der Waals surface area contributed by atoms with Gasteiger partial charge in [-0.25, -0.2) is 9.97 Å². The molecule has 0 aliphatic rings. The number of hydrogen-bond donors (Lipinski definition) is 0. The Balaban J connectivity index is 0.000000204. The van der Waals surface area contributed by atoms with Crippen molar-refractivity contribution < 1.29 is 18.9 Å². The molecule has 0 amide bonds. The predicted octanol–water partition coefficient (Wildman–Crippen LogP) is 10.6. The number of rotatable bonds is 15. The Hall–Kier alpha value is -4.31. The molecule has 6 aromatic rings. The van der Waals surface area contributed by atoms with Gasteiger partial charge in [0.05, 0.1) is 33.0 Å². The van der Waals surface area contributed by atoms with E-state index in [4.69, 9.17) is 28.9 Å². The molecule has 0 saturated carbocycles. The quantitative estimate of drug-likeness (QED) is 0.0972. The Labute approximate surface area is 319 Å². The highest BCUT2D eigenvalue weighted by Crippen LogP contribution is 2.38. The van der Waals surface area contributed by atoms with E-state index in [-0.39, 0.29) is 0 Å². The van der Waals surface area contributed by atoms with Crippen molar-refractivity contribution in [3.8, 4) is 34.3 Å². The summed E-state index contributed by atoms with van der Waals surface area (Å²) < 4.78 is 26.5. The van der Waals surface area contributed by atoms with E-state index in [2.05, 4.69) is 111 Å². The number of benzene rings is 4. The SMILES string of the molecule is CCSc1ccc(OC)c2c1nc(-c1ccc(C(C)C)cc1)n2CCOC.CCc1ccc(OC)c2c1nc(-c1ccc(C(C)C)cc1)n2CCOC. The molecule has 0 atom stereocenters. The topological polar surface area (TPSA) is 72.6 Å². The molecule has 8 nitrogen and oxygen atoms in total. The van der Waals surface area contributed by atoms with Gasteiger partial charge in [0.15, 0.2) is 0 Å². The Morgan fingerprint density at radius 1 is 0.585 bits per heavy atom. The second-order valence-electron chi connectivity index (χ2n) is 13.6. The van der Waals surface area contributed by atoms with Gasteiger partial charge in [-0.1, -0.05) is 96.1 Å². The zero-order valence-electron chi connectivity index (χ0n) is 33.2. The summed E-state index contributed by atoms with van der Waals surface area (Å²) in [5, 5.41) is 0. The molecule has 0 aliphatic carbocycles. The summed E-state index contributed by atoms with van der Waals surface area (Å²) in [4.78, 5) is 11.2. The Bertz CT molecular complexity index is 2080. The van der Waals surface area contributed by atoms with E-state index in [1.807, 2.05) is 23.9 Å². The minimum atomic E-state index is 0.513. The lowest BCUT2D eigenvalue weighted by Gasteiger charge is -2.12. The second-order valence-corrected chi connectivity index (χ2v) is 14.9. The molecular weight excluding hydrogens is 681 g/mol. The fourth-order valence-corrected chi connectivity index (χ4v) is 7.36. The largest absolute Gasteiger partial charge is 0.494 e. The van der Waals surface area contributed by atoms with Gasteiger partial charge in [-0.05, 0) is 58.9 Å². The number of methoxy groups -OCH3 is 4. The van der Waals surface area contributed by atoms with Crippen LogP contribution in [0.4, 0.5) is 0 Å². The van der Waals surface area contributed by atoms with Gasteiger partial charge in [0, 0.05) is 43.3 Å². The molecule has 0 fully saturated rings. The van der Waals surface area contributed by atoms with E-state index in [0.717, 1.165) is 81.6 Å². The molecular formula is C44H56N4O4S. The van der Waals surface area contributed by atoms with Crippen LogP contribution in [-0.4, -0.2) is 66.5 Å². The molecule has 0 saturated heterocycles. The third-order valence-corrected chi connectivity index (χ3v) is 10.5. The zero-order chi connectivity index (χ0) is 38.1. The highest BCUT2D eigenvalue weighted by Gasteiger charge is 2.21. The number of fused-ring (bicyclic) bond motifs is 2. The first-order valence-electron chi connectivity index (χ1n) is 18.7. The number of aryl methyl sites for hydroxylation is 1. The van der Waals surface area contributed by atoms with E-state index >= 15 is 0 Å². The first kappa shape index (κ1) is 39.9. The van der Waals surface area contributed by atoms with Gasteiger partial charge in [-0.2, -0.15) is 0 Å². The van der Waals surface area contributed by atoms with Crippen molar-refractivity contribution in [2.75, 3.05) is 47.4 Å². The lowest BCUT2D eigenvalue weighted by atomic mass is 10.0. The van der Waals surface area contributed by atoms with Crippen LogP contribution in [0.15, 0.2) is 77.7 Å². The molecule has 2 aromatic heterocycles. The molecule has 2 heterocycles. The first-order valence-corrected chi connectivity index (χ1v) is 19.6. The summed E-state index contributed by atoms with van der Waals surface area (Å²) in [6.45, 7) is 15.9. The van der Waals surface area contributed by atoms with Gasteiger partial charge in [0.2, 0.25) is 0 Å². The summed E-state index contributed by atoms with van der Waals surface area (Å²) in [6, 6.07) is 25.7. The molecule has 6 rings (SSSR count). The molecule has 0 N–H and O–H groups in total. The van der Waals surface area contributed by atoms with Crippen LogP contribution < -0.4 is 9.47 Å². The number of nitrogens with zero attached hydrogens (tertiary/aromatic N) is 4. The Morgan fingerprint density at radius 3 is 1.45 bits per heavy atom. The Kier molecular flexibility index (Phi) is 14.0. The van der Waals surface area contributed by atoms with E-state index < -0.39 is 0 Å². The fourth-order valence-electron chi connectivity index (χ4n) is 6.61. The number of imidazole rings is 2. The summed E-state index contributed by atoms with van der Waals surface area (Å²) in [5.74, 6) is 5.66. The average molecular weight is 737 g/mol. The van der Waals surface area contributed by atoms with Crippen LogP contribution in [0, 0.1) is 0 Å². The van der Waals surface area contributed by atoms with Crippen molar-refractivity contribution >= 4 is 33.8 Å². The van der Waals surface area contributed by atoms with Crippen molar-refractivity contribution in [2.45, 2.75) is 77.8 Å².